The van der Waals surface area contributed by atoms with Crippen molar-refractivity contribution in [2.45, 2.75) is 90.8 Å². The van der Waals surface area contributed by atoms with Gasteiger partial charge < -0.3 is 15.3 Å². The smallest absolute Gasteiger partial charge is 0.303 e. The second-order valence-corrected chi connectivity index (χ2v) is 11.3. The van der Waals surface area contributed by atoms with Gasteiger partial charge >= 0.3 is 5.97 Å². The number of aliphatic hydroxyl groups excluding tert-OH is 2. The van der Waals surface area contributed by atoms with E-state index in [4.69, 9.17) is 5.11 Å². The van der Waals surface area contributed by atoms with Gasteiger partial charge in [-0.05, 0) is 80.0 Å². The van der Waals surface area contributed by atoms with Crippen LogP contribution in [0, 0.1) is 46.3 Å². The molecule has 4 saturated carbocycles. The van der Waals surface area contributed by atoms with Crippen molar-refractivity contribution in [1.29, 1.82) is 0 Å². The SMILES string of the molecule is C[C@H](CCC(=O)O)[C@H]1CC[C@H]2[C@@H]3C(=O)C[C@@H]4C[C@@H](O)CC[C@]4(C)[C@H]3C[C@@H](O)[C@]12C. The van der Waals surface area contributed by atoms with Gasteiger partial charge in [-0.25, -0.2) is 0 Å². The van der Waals surface area contributed by atoms with Crippen LogP contribution in [0.4, 0.5) is 0 Å². The number of hydrogen-bond acceptors (Lipinski definition) is 4. The molecule has 4 aliphatic carbocycles. The number of ketones is 1. The summed E-state index contributed by atoms with van der Waals surface area (Å²) in [6, 6.07) is 0. The third kappa shape index (κ3) is 3.18. The number of Topliss-reactive ketones (excluding diaryl/α,β-unsaturated/α-hetero) is 1. The minimum absolute atomic E-state index is 0.0246. The molecule has 0 bridgehead atoms. The average Bonchev–Trinajstić information content (AvgIpc) is 3.01. The zero-order chi connectivity index (χ0) is 21.1. The quantitative estimate of drug-likeness (QED) is 0.662. The minimum atomic E-state index is -0.762. The van der Waals surface area contributed by atoms with E-state index in [1.54, 1.807) is 0 Å². The molecule has 0 aromatic carbocycles. The van der Waals surface area contributed by atoms with Gasteiger partial charge in [0.25, 0.3) is 0 Å². The maximum atomic E-state index is 13.4. The van der Waals surface area contributed by atoms with E-state index in [0.717, 1.165) is 32.1 Å². The molecule has 4 aliphatic rings. The number of carboxylic acid groups (broad SMARTS) is 1. The standard InChI is InChI=1S/C24H38O5/c1-13(4-7-21(28)29)16-5-6-17-22-18(12-20(27)24(16,17)3)23(2)9-8-15(25)10-14(23)11-19(22)26/h13-18,20,22,25,27H,4-12H2,1-3H3,(H,28,29)/t13-,14+,15+,16-,17+,18+,20-,22+,23+,24-/m1/s1. The van der Waals surface area contributed by atoms with Gasteiger partial charge in [0.2, 0.25) is 0 Å². The lowest BCUT2D eigenvalue weighted by atomic mass is 9.43. The van der Waals surface area contributed by atoms with Crippen LogP contribution in [0.2, 0.25) is 0 Å². The molecule has 164 valence electrons. The molecule has 0 saturated heterocycles. The van der Waals surface area contributed by atoms with Gasteiger partial charge in [0.15, 0.2) is 0 Å². The molecule has 0 aromatic heterocycles. The number of carbonyl (C=O) groups excluding carboxylic acids is 1. The first-order chi connectivity index (χ1) is 13.6. The lowest BCUT2D eigenvalue weighted by Gasteiger charge is -2.61. The van der Waals surface area contributed by atoms with Gasteiger partial charge in [-0.2, -0.15) is 0 Å². The molecule has 5 nitrogen and oxygen atoms in total. The summed E-state index contributed by atoms with van der Waals surface area (Å²) in [5.74, 6) is 0.775. The summed E-state index contributed by atoms with van der Waals surface area (Å²) in [6.07, 6.45) is 5.74. The monoisotopic (exact) mass is 406 g/mol. The molecule has 4 fully saturated rings. The van der Waals surface area contributed by atoms with Crippen LogP contribution in [0.25, 0.3) is 0 Å². The highest BCUT2D eigenvalue weighted by molar-refractivity contribution is 5.83. The van der Waals surface area contributed by atoms with Crippen molar-refractivity contribution in [3.05, 3.63) is 0 Å². The molecule has 5 heteroatoms. The Morgan fingerprint density at radius 3 is 2.55 bits per heavy atom. The third-order valence-electron chi connectivity index (χ3n) is 10.1. The summed E-state index contributed by atoms with van der Waals surface area (Å²) < 4.78 is 0. The van der Waals surface area contributed by atoms with Gasteiger partial charge in [0.1, 0.15) is 5.78 Å². The molecule has 0 amide bonds. The summed E-state index contributed by atoms with van der Waals surface area (Å²) >= 11 is 0. The molecular formula is C24H38O5. The molecule has 4 rings (SSSR count). The summed E-state index contributed by atoms with van der Waals surface area (Å²) in [5, 5.41) is 30.7. The van der Waals surface area contributed by atoms with Crippen LogP contribution >= 0.6 is 0 Å². The first-order valence-electron chi connectivity index (χ1n) is 11.7. The number of fused-ring (bicyclic) bond motifs is 5. The number of hydrogen-bond donors (Lipinski definition) is 3. The maximum Gasteiger partial charge on any atom is 0.303 e. The largest absolute Gasteiger partial charge is 0.481 e. The highest BCUT2D eigenvalue weighted by atomic mass is 16.4. The van der Waals surface area contributed by atoms with Crippen LogP contribution in [-0.2, 0) is 9.59 Å². The first kappa shape index (κ1) is 21.3. The fourth-order valence-electron chi connectivity index (χ4n) is 8.40. The first-order valence-corrected chi connectivity index (χ1v) is 11.7. The summed E-state index contributed by atoms with van der Waals surface area (Å²) in [5.41, 5.74) is -0.265. The van der Waals surface area contributed by atoms with E-state index in [2.05, 4.69) is 20.8 Å². The zero-order valence-electron chi connectivity index (χ0n) is 18.1. The van der Waals surface area contributed by atoms with Gasteiger partial charge in [0.05, 0.1) is 12.2 Å². The second kappa shape index (κ2) is 7.33. The summed E-state index contributed by atoms with van der Waals surface area (Å²) in [4.78, 5) is 24.4. The van der Waals surface area contributed by atoms with Crippen molar-refractivity contribution in [1.82, 2.24) is 0 Å². The number of carbonyl (C=O) groups is 2. The highest BCUT2D eigenvalue weighted by Gasteiger charge is 2.65. The number of carboxylic acids is 1. The van der Waals surface area contributed by atoms with Crippen molar-refractivity contribution in [2.75, 3.05) is 0 Å². The predicted molar refractivity (Wildman–Crippen MR) is 109 cm³/mol. The van der Waals surface area contributed by atoms with Crippen LogP contribution in [0.3, 0.4) is 0 Å². The van der Waals surface area contributed by atoms with Crippen molar-refractivity contribution in [2.24, 2.45) is 46.3 Å². The van der Waals surface area contributed by atoms with E-state index in [9.17, 15) is 19.8 Å². The van der Waals surface area contributed by atoms with Crippen LogP contribution in [-0.4, -0.2) is 39.3 Å². The van der Waals surface area contributed by atoms with Gasteiger partial charge in [-0.1, -0.05) is 20.8 Å². The zero-order valence-corrected chi connectivity index (χ0v) is 18.1. The van der Waals surface area contributed by atoms with Crippen LogP contribution in [0.15, 0.2) is 0 Å². The molecule has 0 aliphatic heterocycles. The Morgan fingerprint density at radius 2 is 1.86 bits per heavy atom. The molecular weight excluding hydrogens is 368 g/mol. The van der Waals surface area contributed by atoms with E-state index in [1.807, 2.05) is 0 Å². The Hall–Kier alpha value is -0.940. The van der Waals surface area contributed by atoms with E-state index >= 15 is 0 Å². The fraction of sp³-hybridized carbons (Fsp3) is 0.917. The van der Waals surface area contributed by atoms with Crippen molar-refractivity contribution in [3.8, 4) is 0 Å². The summed E-state index contributed by atoms with van der Waals surface area (Å²) in [6.45, 7) is 6.62. The lowest BCUT2D eigenvalue weighted by molar-refractivity contribution is -0.182. The molecule has 0 aromatic rings. The maximum absolute atomic E-state index is 13.4. The molecule has 3 N–H and O–H groups in total. The van der Waals surface area contributed by atoms with Gasteiger partial charge in [0, 0.05) is 24.2 Å². The van der Waals surface area contributed by atoms with Gasteiger partial charge in [-0.15, -0.1) is 0 Å². The third-order valence-corrected chi connectivity index (χ3v) is 10.1. The highest BCUT2D eigenvalue weighted by Crippen LogP contribution is 2.67. The molecule has 0 heterocycles. The Balaban J connectivity index is 1.62. The molecule has 0 spiro atoms. The van der Waals surface area contributed by atoms with E-state index in [0.29, 0.717) is 25.0 Å². The van der Waals surface area contributed by atoms with Crippen molar-refractivity contribution in [3.63, 3.8) is 0 Å². The molecule has 0 radical (unpaired) electrons. The van der Waals surface area contributed by atoms with Gasteiger partial charge in [-0.3, -0.25) is 9.59 Å². The van der Waals surface area contributed by atoms with Crippen LogP contribution in [0.1, 0.15) is 78.6 Å². The normalized spacial score (nSPS) is 50.4. The van der Waals surface area contributed by atoms with E-state index in [1.165, 1.54) is 0 Å². The Morgan fingerprint density at radius 1 is 1.14 bits per heavy atom. The van der Waals surface area contributed by atoms with Crippen LogP contribution < -0.4 is 0 Å². The number of aliphatic carboxylic acids is 1. The predicted octanol–water partition coefficient (Wildman–Crippen LogP) is 3.66. The molecule has 29 heavy (non-hydrogen) atoms. The molecule has 10 atom stereocenters. The van der Waals surface area contributed by atoms with E-state index in [-0.39, 0.29) is 58.9 Å². The minimum Gasteiger partial charge on any atom is -0.481 e. The molecule has 0 unspecified atom stereocenters. The number of aliphatic hydroxyl groups is 2. The second-order valence-electron chi connectivity index (χ2n) is 11.3. The van der Waals surface area contributed by atoms with Crippen LogP contribution in [0.5, 0.6) is 0 Å². The topological polar surface area (TPSA) is 94.8 Å². The summed E-state index contributed by atoms with van der Waals surface area (Å²) in [7, 11) is 0. The Kier molecular flexibility index (Phi) is 5.39. The van der Waals surface area contributed by atoms with Crippen molar-refractivity contribution < 1.29 is 24.9 Å². The fourth-order valence-corrected chi connectivity index (χ4v) is 8.40. The Labute approximate surface area is 174 Å². The average molecular weight is 407 g/mol. The van der Waals surface area contributed by atoms with Crippen molar-refractivity contribution >= 4 is 11.8 Å². The Bertz CT molecular complexity index is 676. The lowest BCUT2D eigenvalue weighted by Crippen LogP contribution is -2.61. The number of rotatable bonds is 4. The van der Waals surface area contributed by atoms with E-state index < -0.39 is 12.1 Å².